The van der Waals surface area contributed by atoms with Gasteiger partial charge in [-0.15, -0.1) is 0 Å². The van der Waals surface area contributed by atoms with Crippen LogP contribution in [0.1, 0.15) is 6.92 Å². The molecule has 1 rings (SSSR count). The van der Waals surface area contributed by atoms with Crippen LogP contribution < -0.4 is 10.6 Å². The predicted octanol–water partition coefficient (Wildman–Crippen LogP) is 1.90. The molecule has 0 aliphatic carbocycles. The zero-order chi connectivity index (χ0) is 12.7. The molecular formula is C12H17ClN2O2. The first-order valence-electron chi connectivity index (χ1n) is 5.40. The fraction of sp³-hybridized carbons (Fsp3) is 0.417. The van der Waals surface area contributed by atoms with E-state index in [2.05, 4.69) is 10.6 Å². The Morgan fingerprint density at radius 2 is 2.18 bits per heavy atom. The maximum absolute atomic E-state index is 11.5. The van der Waals surface area contributed by atoms with Crippen LogP contribution in [0.3, 0.4) is 0 Å². The number of rotatable bonds is 6. The SMILES string of the molecule is COCC(C)NC(=O)CNc1ccccc1Cl. The van der Waals surface area contributed by atoms with Gasteiger partial charge in [0.2, 0.25) is 5.91 Å². The molecule has 0 aromatic heterocycles. The fourth-order valence-corrected chi connectivity index (χ4v) is 1.60. The lowest BCUT2D eigenvalue weighted by Crippen LogP contribution is -2.39. The summed E-state index contributed by atoms with van der Waals surface area (Å²) in [5, 5.41) is 6.38. The standard InChI is InChI=1S/C12H17ClN2O2/c1-9(8-17-2)15-12(16)7-14-11-6-4-3-5-10(11)13/h3-6,9,14H,7-8H2,1-2H3,(H,15,16). The average molecular weight is 257 g/mol. The fourth-order valence-electron chi connectivity index (χ4n) is 1.40. The van der Waals surface area contributed by atoms with E-state index in [-0.39, 0.29) is 18.5 Å². The first-order chi connectivity index (χ1) is 8.13. The lowest BCUT2D eigenvalue weighted by atomic mass is 10.3. The van der Waals surface area contributed by atoms with Crippen LogP contribution in [0.4, 0.5) is 5.69 Å². The maximum atomic E-state index is 11.5. The van der Waals surface area contributed by atoms with E-state index in [1.54, 1.807) is 13.2 Å². The molecule has 0 aliphatic rings. The van der Waals surface area contributed by atoms with Crippen molar-refractivity contribution in [2.45, 2.75) is 13.0 Å². The monoisotopic (exact) mass is 256 g/mol. The molecule has 0 heterocycles. The molecule has 1 aromatic rings. The number of carbonyl (C=O) groups excluding carboxylic acids is 1. The van der Waals surface area contributed by atoms with Gasteiger partial charge in [0.05, 0.1) is 23.9 Å². The Balaban J connectivity index is 2.36. The molecule has 1 atom stereocenters. The molecule has 17 heavy (non-hydrogen) atoms. The molecule has 0 fully saturated rings. The molecule has 0 aliphatic heterocycles. The smallest absolute Gasteiger partial charge is 0.239 e. The van der Waals surface area contributed by atoms with E-state index in [1.165, 1.54) is 0 Å². The van der Waals surface area contributed by atoms with Crippen molar-refractivity contribution in [1.29, 1.82) is 0 Å². The van der Waals surface area contributed by atoms with Crippen LogP contribution in [0.15, 0.2) is 24.3 Å². The third kappa shape index (κ3) is 5.06. The summed E-state index contributed by atoms with van der Waals surface area (Å²) in [4.78, 5) is 11.5. The Morgan fingerprint density at radius 1 is 1.47 bits per heavy atom. The van der Waals surface area contributed by atoms with Crippen LogP contribution in [0.25, 0.3) is 0 Å². The largest absolute Gasteiger partial charge is 0.383 e. The third-order valence-electron chi connectivity index (χ3n) is 2.14. The first kappa shape index (κ1) is 13.8. The average Bonchev–Trinajstić information content (AvgIpc) is 2.28. The summed E-state index contributed by atoms with van der Waals surface area (Å²) < 4.78 is 4.93. The van der Waals surface area contributed by atoms with Crippen molar-refractivity contribution in [3.8, 4) is 0 Å². The minimum absolute atomic E-state index is 0.000505. The highest BCUT2D eigenvalue weighted by Crippen LogP contribution is 2.19. The van der Waals surface area contributed by atoms with Gasteiger partial charge >= 0.3 is 0 Å². The van der Waals surface area contributed by atoms with Crippen molar-refractivity contribution in [2.75, 3.05) is 25.6 Å². The third-order valence-corrected chi connectivity index (χ3v) is 2.47. The van der Waals surface area contributed by atoms with E-state index in [4.69, 9.17) is 16.3 Å². The van der Waals surface area contributed by atoms with Crippen molar-refractivity contribution in [3.63, 3.8) is 0 Å². The summed E-state index contributed by atoms with van der Waals surface area (Å²) in [6, 6.07) is 7.30. The normalized spacial score (nSPS) is 11.9. The second-order valence-corrected chi connectivity index (χ2v) is 4.16. The summed E-state index contributed by atoms with van der Waals surface area (Å²) in [6.45, 7) is 2.58. The summed E-state index contributed by atoms with van der Waals surface area (Å²) >= 11 is 5.95. The molecule has 0 saturated heterocycles. The zero-order valence-electron chi connectivity index (χ0n) is 10.00. The first-order valence-corrected chi connectivity index (χ1v) is 5.78. The highest BCUT2D eigenvalue weighted by molar-refractivity contribution is 6.33. The van der Waals surface area contributed by atoms with Gasteiger partial charge in [-0.1, -0.05) is 23.7 Å². The number of carbonyl (C=O) groups is 1. The number of ether oxygens (including phenoxy) is 1. The van der Waals surface area contributed by atoms with Crippen LogP contribution in [0, 0.1) is 0 Å². The lowest BCUT2D eigenvalue weighted by molar-refractivity contribution is -0.120. The minimum atomic E-state index is -0.0885. The van der Waals surface area contributed by atoms with Crippen molar-refractivity contribution < 1.29 is 9.53 Å². The number of nitrogens with one attached hydrogen (secondary N) is 2. The van der Waals surface area contributed by atoms with Gasteiger partial charge in [-0.25, -0.2) is 0 Å². The molecule has 4 nitrogen and oxygen atoms in total. The molecule has 1 unspecified atom stereocenters. The van der Waals surface area contributed by atoms with Crippen LogP contribution in [0.5, 0.6) is 0 Å². The highest BCUT2D eigenvalue weighted by Gasteiger charge is 2.07. The maximum Gasteiger partial charge on any atom is 0.239 e. The molecular weight excluding hydrogens is 240 g/mol. The van der Waals surface area contributed by atoms with Crippen LogP contribution >= 0.6 is 11.6 Å². The summed E-state index contributed by atoms with van der Waals surface area (Å²) in [5.41, 5.74) is 0.753. The highest BCUT2D eigenvalue weighted by atomic mass is 35.5. The molecule has 1 aromatic carbocycles. The number of halogens is 1. The molecule has 0 radical (unpaired) electrons. The molecule has 94 valence electrons. The van der Waals surface area contributed by atoms with E-state index in [0.29, 0.717) is 11.6 Å². The van der Waals surface area contributed by atoms with Crippen molar-refractivity contribution in [1.82, 2.24) is 5.32 Å². The Bertz CT molecular complexity index is 371. The van der Waals surface area contributed by atoms with Crippen molar-refractivity contribution in [2.24, 2.45) is 0 Å². The Hall–Kier alpha value is -1.26. The van der Waals surface area contributed by atoms with Crippen molar-refractivity contribution >= 4 is 23.2 Å². The lowest BCUT2D eigenvalue weighted by Gasteiger charge is -2.13. The van der Waals surface area contributed by atoms with Gasteiger partial charge < -0.3 is 15.4 Å². The quantitative estimate of drug-likeness (QED) is 0.817. The number of para-hydroxylation sites is 1. The Kier molecular flexibility index (Phi) is 5.80. The second kappa shape index (κ2) is 7.14. The number of amides is 1. The van der Waals surface area contributed by atoms with Gasteiger partial charge in [0.15, 0.2) is 0 Å². The number of methoxy groups -OCH3 is 1. The molecule has 0 saturated carbocycles. The molecule has 0 bridgehead atoms. The molecule has 2 N–H and O–H groups in total. The van der Waals surface area contributed by atoms with E-state index in [1.807, 2.05) is 25.1 Å². The van der Waals surface area contributed by atoms with Gasteiger partial charge in [-0.05, 0) is 19.1 Å². The van der Waals surface area contributed by atoms with E-state index < -0.39 is 0 Å². The number of benzene rings is 1. The predicted molar refractivity (Wildman–Crippen MR) is 69.4 cm³/mol. The summed E-state index contributed by atoms with van der Waals surface area (Å²) in [5.74, 6) is -0.0885. The van der Waals surface area contributed by atoms with Crippen LogP contribution in [-0.2, 0) is 9.53 Å². The van der Waals surface area contributed by atoms with Gasteiger partial charge in [-0.3, -0.25) is 4.79 Å². The molecule has 1 amide bonds. The van der Waals surface area contributed by atoms with E-state index in [0.717, 1.165) is 5.69 Å². The van der Waals surface area contributed by atoms with Gasteiger partial charge in [0.25, 0.3) is 0 Å². The number of anilines is 1. The summed E-state index contributed by atoms with van der Waals surface area (Å²) in [6.07, 6.45) is 0. The molecule has 5 heteroatoms. The topological polar surface area (TPSA) is 50.4 Å². The van der Waals surface area contributed by atoms with Gasteiger partial charge in [0, 0.05) is 13.2 Å². The van der Waals surface area contributed by atoms with Crippen LogP contribution in [-0.4, -0.2) is 32.2 Å². The Morgan fingerprint density at radius 3 is 2.82 bits per heavy atom. The van der Waals surface area contributed by atoms with Crippen molar-refractivity contribution in [3.05, 3.63) is 29.3 Å². The summed E-state index contributed by atoms with van der Waals surface area (Å²) in [7, 11) is 1.60. The van der Waals surface area contributed by atoms with Crippen LogP contribution in [0.2, 0.25) is 5.02 Å². The zero-order valence-corrected chi connectivity index (χ0v) is 10.8. The van der Waals surface area contributed by atoms with Gasteiger partial charge in [-0.2, -0.15) is 0 Å². The number of hydrogen-bond donors (Lipinski definition) is 2. The van der Waals surface area contributed by atoms with Gasteiger partial charge in [0.1, 0.15) is 0 Å². The van der Waals surface area contributed by atoms with E-state index in [9.17, 15) is 4.79 Å². The Labute approximate surface area is 106 Å². The number of hydrogen-bond acceptors (Lipinski definition) is 3. The second-order valence-electron chi connectivity index (χ2n) is 3.76. The van der Waals surface area contributed by atoms with E-state index >= 15 is 0 Å². The molecule has 0 spiro atoms. The minimum Gasteiger partial charge on any atom is -0.383 e.